The molecule has 4 nitrogen and oxygen atoms in total. The van der Waals surface area contributed by atoms with E-state index >= 15 is 0 Å². The van der Waals surface area contributed by atoms with E-state index in [-0.39, 0.29) is 23.0 Å². The van der Waals surface area contributed by atoms with Gasteiger partial charge in [0.1, 0.15) is 5.69 Å². The first kappa shape index (κ1) is 14.9. The Balaban J connectivity index is 2.14. The number of nitrogens with zero attached hydrogens (tertiary/aromatic N) is 2. The fourth-order valence-corrected chi connectivity index (χ4v) is 2.40. The highest BCUT2D eigenvalue weighted by molar-refractivity contribution is 6.04. The van der Waals surface area contributed by atoms with Gasteiger partial charge in [-0.05, 0) is 24.3 Å². The van der Waals surface area contributed by atoms with E-state index in [1.165, 1.54) is 23.8 Å². The molecule has 0 saturated heterocycles. The van der Waals surface area contributed by atoms with Crippen molar-refractivity contribution in [2.24, 2.45) is 4.99 Å². The first-order chi connectivity index (χ1) is 11.0. The van der Waals surface area contributed by atoms with Gasteiger partial charge in [-0.25, -0.2) is 8.78 Å². The minimum atomic E-state index is -1.02. The Bertz CT molecular complexity index is 945. The summed E-state index contributed by atoms with van der Waals surface area (Å²) in [6.45, 7) is 1.36. The van der Waals surface area contributed by atoms with Crippen LogP contribution < -0.4 is 0 Å². The quantitative estimate of drug-likeness (QED) is 0.726. The number of para-hydroxylation sites is 1. The Hall–Kier alpha value is -3.02. The molecule has 0 saturated carbocycles. The number of carbonyl (C=O) groups excluding carboxylic acids is 1. The van der Waals surface area contributed by atoms with Crippen LogP contribution >= 0.6 is 0 Å². The average Bonchev–Trinajstić information content (AvgIpc) is 2.81. The summed E-state index contributed by atoms with van der Waals surface area (Å²) in [6, 6.07) is 10.1. The summed E-state index contributed by atoms with van der Waals surface area (Å²) in [7, 11) is 0. The van der Waals surface area contributed by atoms with Crippen molar-refractivity contribution in [2.75, 3.05) is 0 Å². The van der Waals surface area contributed by atoms with E-state index in [4.69, 9.17) is 0 Å². The van der Waals surface area contributed by atoms with Crippen LogP contribution in [0.2, 0.25) is 0 Å². The van der Waals surface area contributed by atoms with Crippen molar-refractivity contribution in [1.82, 2.24) is 4.57 Å². The van der Waals surface area contributed by atoms with Gasteiger partial charge in [0.05, 0.1) is 17.4 Å². The van der Waals surface area contributed by atoms with Crippen LogP contribution in [0.3, 0.4) is 0 Å². The van der Waals surface area contributed by atoms with Crippen molar-refractivity contribution in [3.05, 3.63) is 59.8 Å². The molecule has 3 aromatic rings. The van der Waals surface area contributed by atoms with Gasteiger partial charge >= 0.3 is 0 Å². The number of aromatic nitrogens is 1. The maximum absolute atomic E-state index is 13.2. The number of halogens is 2. The number of aromatic hydroxyl groups is 1. The molecule has 116 valence electrons. The van der Waals surface area contributed by atoms with Crippen molar-refractivity contribution in [3.63, 3.8) is 0 Å². The van der Waals surface area contributed by atoms with E-state index in [1.54, 1.807) is 24.3 Å². The number of hydrogen-bond acceptors (Lipinski definition) is 3. The van der Waals surface area contributed by atoms with Crippen molar-refractivity contribution in [2.45, 2.75) is 6.92 Å². The molecular formula is C17H12F2N2O2. The number of carbonyl (C=O) groups is 1. The van der Waals surface area contributed by atoms with Crippen LogP contribution in [0.15, 0.2) is 47.5 Å². The average molecular weight is 314 g/mol. The van der Waals surface area contributed by atoms with Gasteiger partial charge in [-0.2, -0.15) is 0 Å². The molecule has 0 bridgehead atoms. The minimum Gasteiger partial charge on any atom is -0.505 e. The molecule has 1 N–H and O–H groups in total. The summed E-state index contributed by atoms with van der Waals surface area (Å²) >= 11 is 0. The highest BCUT2D eigenvalue weighted by Gasteiger charge is 2.17. The summed E-state index contributed by atoms with van der Waals surface area (Å²) < 4.78 is 27.4. The van der Waals surface area contributed by atoms with E-state index < -0.39 is 11.6 Å². The fraction of sp³-hybridized carbons (Fsp3) is 0.0588. The molecule has 3 rings (SSSR count). The van der Waals surface area contributed by atoms with Gasteiger partial charge in [-0.1, -0.05) is 12.1 Å². The number of fused-ring (bicyclic) bond motifs is 1. The third-order valence-corrected chi connectivity index (χ3v) is 3.44. The molecular weight excluding hydrogens is 302 g/mol. The van der Waals surface area contributed by atoms with Crippen molar-refractivity contribution in [1.29, 1.82) is 0 Å². The fourth-order valence-electron chi connectivity index (χ4n) is 2.40. The summed E-state index contributed by atoms with van der Waals surface area (Å²) in [5.74, 6) is -2.38. The summed E-state index contributed by atoms with van der Waals surface area (Å²) in [5, 5.41) is 10.8. The SMILES string of the molecule is CC(=O)n1c(C=Nc2ccc(F)c(F)c2)c(O)c2ccccc21. The number of benzene rings is 2. The Labute approximate surface area is 130 Å². The molecule has 0 spiro atoms. The van der Waals surface area contributed by atoms with Gasteiger partial charge in [0.25, 0.3) is 0 Å². The molecule has 0 aliphatic carbocycles. The first-order valence-electron chi connectivity index (χ1n) is 6.81. The molecule has 2 aromatic carbocycles. The van der Waals surface area contributed by atoms with Crippen LogP contribution in [0, 0.1) is 11.6 Å². The lowest BCUT2D eigenvalue weighted by Crippen LogP contribution is -2.08. The molecule has 0 radical (unpaired) electrons. The van der Waals surface area contributed by atoms with Crippen LogP contribution in [0.5, 0.6) is 5.75 Å². The van der Waals surface area contributed by atoms with Gasteiger partial charge in [-0.3, -0.25) is 14.4 Å². The smallest absolute Gasteiger partial charge is 0.228 e. The number of aliphatic imine (C=N–C) groups is 1. The standard InChI is InChI=1S/C17H12F2N2O2/c1-10(22)21-15-5-3-2-4-12(15)17(23)16(21)9-20-11-6-7-13(18)14(19)8-11/h2-9,23H,1H3. The normalized spacial score (nSPS) is 11.4. The first-order valence-corrected chi connectivity index (χ1v) is 6.81. The summed E-state index contributed by atoms with van der Waals surface area (Å²) in [6.07, 6.45) is 1.25. The minimum absolute atomic E-state index is 0.0952. The van der Waals surface area contributed by atoms with E-state index in [9.17, 15) is 18.7 Å². The highest BCUT2D eigenvalue weighted by Crippen LogP contribution is 2.31. The molecule has 0 amide bonds. The summed E-state index contributed by atoms with van der Waals surface area (Å²) in [5.41, 5.74) is 0.899. The third-order valence-electron chi connectivity index (χ3n) is 3.44. The topological polar surface area (TPSA) is 54.6 Å². The molecule has 0 aliphatic rings. The zero-order valence-corrected chi connectivity index (χ0v) is 12.1. The predicted molar refractivity (Wildman–Crippen MR) is 83.5 cm³/mol. The third kappa shape index (κ3) is 2.59. The molecule has 6 heteroatoms. The maximum atomic E-state index is 13.2. The second-order valence-corrected chi connectivity index (χ2v) is 4.96. The molecule has 1 aromatic heterocycles. The molecule has 0 fully saturated rings. The van der Waals surface area contributed by atoms with Crippen molar-refractivity contribution in [3.8, 4) is 5.75 Å². The van der Waals surface area contributed by atoms with Crippen LogP contribution in [-0.2, 0) is 0 Å². The Morgan fingerprint density at radius 3 is 2.61 bits per heavy atom. The van der Waals surface area contributed by atoms with Gasteiger partial charge in [0.2, 0.25) is 5.91 Å². The lowest BCUT2D eigenvalue weighted by atomic mass is 10.2. The molecule has 0 atom stereocenters. The van der Waals surface area contributed by atoms with Crippen LogP contribution in [0.1, 0.15) is 17.4 Å². The van der Waals surface area contributed by atoms with Crippen molar-refractivity contribution >= 4 is 28.7 Å². The number of rotatable bonds is 2. The molecule has 0 unspecified atom stereocenters. The van der Waals surface area contributed by atoms with E-state index in [0.717, 1.165) is 12.1 Å². The predicted octanol–water partition coefficient (Wildman–Crippen LogP) is 4.04. The van der Waals surface area contributed by atoms with Crippen LogP contribution in [-0.4, -0.2) is 21.8 Å². The Morgan fingerprint density at radius 1 is 1.17 bits per heavy atom. The zero-order valence-electron chi connectivity index (χ0n) is 12.1. The van der Waals surface area contributed by atoms with Gasteiger partial charge in [-0.15, -0.1) is 0 Å². The van der Waals surface area contributed by atoms with Crippen molar-refractivity contribution < 1.29 is 18.7 Å². The largest absolute Gasteiger partial charge is 0.505 e. The second-order valence-electron chi connectivity index (χ2n) is 4.96. The monoisotopic (exact) mass is 314 g/mol. The molecule has 0 aliphatic heterocycles. The van der Waals surface area contributed by atoms with E-state index in [1.807, 2.05) is 0 Å². The Morgan fingerprint density at radius 2 is 1.91 bits per heavy atom. The van der Waals surface area contributed by atoms with Gasteiger partial charge in [0.15, 0.2) is 17.4 Å². The maximum Gasteiger partial charge on any atom is 0.228 e. The zero-order chi connectivity index (χ0) is 16.6. The van der Waals surface area contributed by atoms with Gasteiger partial charge < -0.3 is 5.11 Å². The van der Waals surface area contributed by atoms with E-state index in [2.05, 4.69) is 4.99 Å². The lowest BCUT2D eigenvalue weighted by molar-refractivity contribution is 0.0940. The summed E-state index contributed by atoms with van der Waals surface area (Å²) in [4.78, 5) is 15.9. The van der Waals surface area contributed by atoms with E-state index in [0.29, 0.717) is 10.9 Å². The molecule has 23 heavy (non-hydrogen) atoms. The lowest BCUT2D eigenvalue weighted by Gasteiger charge is -2.02. The van der Waals surface area contributed by atoms with Gasteiger partial charge in [0, 0.05) is 18.4 Å². The van der Waals surface area contributed by atoms with Crippen LogP contribution in [0.25, 0.3) is 10.9 Å². The highest BCUT2D eigenvalue weighted by atomic mass is 19.2. The second kappa shape index (κ2) is 5.64. The van der Waals surface area contributed by atoms with Crippen LogP contribution in [0.4, 0.5) is 14.5 Å². The Kier molecular flexibility index (Phi) is 3.65. The molecule has 1 heterocycles. The number of hydrogen-bond donors (Lipinski definition) is 1.